The third kappa shape index (κ3) is 5.92. The highest BCUT2D eigenvalue weighted by atomic mass is 35.5. The predicted octanol–water partition coefficient (Wildman–Crippen LogP) is 5.15. The van der Waals surface area contributed by atoms with Gasteiger partial charge in [0.2, 0.25) is 5.91 Å². The van der Waals surface area contributed by atoms with Crippen molar-refractivity contribution in [3.8, 4) is 22.8 Å². The van der Waals surface area contributed by atoms with E-state index in [-0.39, 0.29) is 5.91 Å². The maximum absolute atomic E-state index is 12.4. The van der Waals surface area contributed by atoms with E-state index in [9.17, 15) is 9.59 Å². The van der Waals surface area contributed by atoms with Crippen LogP contribution in [-0.2, 0) is 11.3 Å². The monoisotopic (exact) mass is 450 g/mol. The molecule has 32 heavy (non-hydrogen) atoms. The van der Waals surface area contributed by atoms with Crippen molar-refractivity contribution in [2.75, 3.05) is 0 Å². The second kappa shape index (κ2) is 10.9. The third-order valence-corrected chi connectivity index (χ3v) is 5.76. The number of nitrogens with one attached hydrogen (secondary N) is 2. The number of carbonyl (C=O) groups excluding carboxylic acids is 1. The van der Waals surface area contributed by atoms with Crippen LogP contribution in [0.4, 0.5) is 0 Å². The van der Waals surface area contributed by atoms with Crippen LogP contribution in [0, 0.1) is 5.92 Å². The van der Waals surface area contributed by atoms with E-state index in [1.807, 2.05) is 36.4 Å². The molecular weight excluding hydrogens is 424 g/mol. The normalized spacial score (nSPS) is 10.9. The Bertz CT molecular complexity index is 1150. The molecule has 3 aromatic rings. The van der Waals surface area contributed by atoms with Crippen molar-refractivity contribution in [2.45, 2.75) is 39.7 Å². The molecule has 0 spiro atoms. The number of halogens is 1. The lowest BCUT2D eigenvalue weighted by molar-refractivity contribution is -0.117. The minimum atomic E-state index is -0.513. The van der Waals surface area contributed by atoms with Gasteiger partial charge in [-0.25, -0.2) is 9.78 Å². The number of benzene rings is 2. The Labute approximate surface area is 192 Å². The summed E-state index contributed by atoms with van der Waals surface area (Å²) in [6.07, 6.45) is 2.73. The summed E-state index contributed by atoms with van der Waals surface area (Å²) >= 11 is 6.40. The molecular formula is C25H27ClN4O2. The Morgan fingerprint density at radius 1 is 1.12 bits per heavy atom. The van der Waals surface area contributed by atoms with Gasteiger partial charge in [0.25, 0.3) is 0 Å². The van der Waals surface area contributed by atoms with Crippen LogP contribution >= 0.6 is 11.6 Å². The Morgan fingerprint density at radius 2 is 1.84 bits per heavy atom. The molecule has 0 saturated heterocycles. The van der Waals surface area contributed by atoms with Crippen LogP contribution in [0.5, 0.6) is 0 Å². The highest BCUT2D eigenvalue weighted by Gasteiger charge is 2.14. The van der Waals surface area contributed by atoms with E-state index in [4.69, 9.17) is 11.6 Å². The molecule has 0 fully saturated rings. The van der Waals surface area contributed by atoms with E-state index in [0.717, 1.165) is 24.0 Å². The molecule has 166 valence electrons. The number of hydrogen-bond acceptors (Lipinski definition) is 4. The van der Waals surface area contributed by atoms with Gasteiger partial charge in [0.1, 0.15) is 5.82 Å². The van der Waals surface area contributed by atoms with Gasteiger partial charge in [-0.15, -0.1) is 0 Å². The average molecular weight is 451 g/mol. The van der Waals surface area contributed by atoms with E-state index in [1.165, 1.54) is 0 Å². The fraction of sp³-hybridized carbons (Fsp3) is 0.280. The van der Waals surface area contributed by atoms with Crippen molar-refractivity contribution in [1.29, 1.82) is 0 Å². The summed E-state index contributed by atoms with van der Waals surface area (Å²) in [6.45, 7) is 8.49. The van der Waals surface area contributed by atoms with Crippen LogP contribution in [-0.4, -0.2) is 20.9 Å². The second-order valence-corrected chi connectivity index (χ2v) is 8.09. The van der Waals surface area contributed by atoms with Crippen molar-refractivity contribution in [3.05, 3.63) is 81.8 Å². The van der Waals surface area contributed by atoms with E-state index < -0.39 is 5.69 Å². The number of carbonyl (C=O) groups is 1. The number of H-pyrrole nitrogens is 1. The summed E-state index contributed by atoms with van der Waals surface area (Å²) in [5, 5.41) is 3.35. The summed E-state index contributed by atoms with van der Waals surface area (Å²) in [7, 11) is 0. The number of rotatable bonds is 9. The van der Waals surface area contributed by atoms with Gasteiger partial charge >= 0.3 is 5.69 Å². The van der Waals surface area contributed by atoms with Gasteiger partial charge in [0, 0.05) is 23.2 Å². The van der Waals surface area contributed by atoms with Crippen LogP contribution in [0.1, 0.15) is 38.7 Å². The molecule has 0 aliphatic heterocycles. The first-order chi connectivity index (χ1) is 15.4. The standard InChI is InChI=1S/C25H27ClN4O2/c1-4-17(5-2)13-16(3)24(31)27-15-18-11-12-21(26)20(14-18)23-28-22(29-25(32)30-23)19-9-7-6-8-10-19/h6-12,14,17H,3-5,13,15H2,1-2H3,(H,27,31)(H,28,29,30,32). The van der Waals surface area contributed by atoms with Crippen molar-refractivity contribution in [3.63, 3.8) is 0 Å². The van der Waals surface area contributed by atoms with Crippen molar-refractivity contribution >= 4 is 17.5 Å². The molecule has 0 aliphatic carbocycles. The van der Waals surface area contributed by atoms with Gasteiger partial charge in [0.05, 0.1) is 5.02 Å². The summed E-state index contributed by atoms with van der Waals surface area (Å²) < 4.78 is 0. The molecule has 3 rings (SSSR count). The van der Waals surface area contributed by atoms with Gasteiger partial charge in [-0.1, -0.05) is 81.3 Å². The summed E-state index contributed by atoms with van der Waals surface area (Å²) in [6, 6.07) is 14.6. The largest absolute Gasteiger partial charge is 0.348 e. The Hall–Kier alpha value is -3.25. The number of aromatic nitrogens is 3. The van der Waals surface area contributed by atoms with Gasteiger partial charge in [-0.3, -0.25) is 9.78 Å². The second-order valence-electron chi connectivity index (χ2n) is 7.68. The molecule has 1 aromatic heterocycles. The van der Waals surface area contributed by atoms with Crippen molar-refractivity contribution in [2.24, 2.45) is 5.92 Å². The van der Waals surface area contributed by atoms with Gasteiger partial charge < -0.3 is 5.32 Å². The lowest BCUT2D eigenvalue weighted by Crippen LogP contribution is -2.25. The fourth-order valence-electron chi connectivity index (χ4n) is 3.42. The van der Waals surface area contributed by atoms with Crippen LogP contribution in [0.15, 0.2) is 65.5 Å². The van der Waals surface area contributed by atoms with Gasteiger partial charge in [0.15, 0.2) is 5.82 Å². The van der Waals surface area contributed by atoms with Crippen LogP contribution in [0.25, 0.3) is 22.8 Å². The smallest absolute Gasteiger partial charge is 0.348 e. The zero-order chi connectivity index (χ0) is 23.1. The van der Waals surface area contributed by atoms with Gasteiger partial charge in [-0.2, -0.15) is 4.98 Å². The SMILES string of the molecule is C=C(CC(CC)CC)C(=O)NCc1ccc(Cl)c(-c2nc(-c3ccccc3)nc(=O)[nH]2)c1. The predicted molar refractivity (Wildman–Crippen MR) is 128 cm³/mol. The molecule has 2 N–H and O–H groups in total. The van der Waals surface area contributed by atoms with Crippen molar-refractivity contribution in [1.82, 2.24) is 20.3 Å². The maximum atomic E-state index is 12.4. The number of nitrogens with zero attached hydrogens (tertiary/aromatic N) is 2. The molecule has 0 atom stereocenters. The topological polar surface area (TPSA) is 87.7 Å². The third-order valence-electron chi connectivity index (χ3n) is 5.43. The van der Waals surface area contributed by atoms with Crippen LogP contribution in [0.3, 0.4) is 0 Å². The van der Waals surface area contributed by atoms with E-state index >= 15 is 0 Å². The number of aromatic amines is 1. The molecule has 1 heterocycles. The fourth-order valence-corrected chi connectivity index (χ4v) is 3.62. The van der Waals surface area contributed by atoms with E-state index in [0.29, 0.717) is 46.7 Å². The lowest BCUT2D eigenvalue weighted by Gasteiger charge is -2.14. The Kier molecular flexibility index (Phi) is 7.95. The molecule has 6 nitrogen and oxygen atoms in total. The molecule has 7 heteroatoms. The zero-order valence-electron chi connectivity index (χ0n) is 18.3. The summed E-state index contributed by atoms with van der Waals surface area (Å²) in [5.74, 6) is 0.941. The maximum Gasteiger partial charge on any atom is 0.348 e. The van der Waals surface area contributed by atoms with Gasteiger partial charge in [-0.05, 0) is 30.0 Å². The van der Waals surface area contributed by atoms with Crippen molar-refractivity contribution < 1.29 is 4.79 Å². The molecule has 0 saturated carbocycles. The van der Waals surface area contributed by atoms with E-state index in [2.05, 4.69) is 40.7 Å². The lowest BCUT2D eigenvalue weighted by atomic mass is 9.95. The average Bonchev–Trinajstić information content (AvgIpc) is 2.81. The quantitative estimate of drug-likeness (QED) is 0.441. The summed E-state index contributed by atoms with van der Waals surface area (Å²) in [4.78, 5) is 35.7. The number of amides is 1. The Balaban J connectivity index is 1.80. The minimum Gasteiger partial charge on any atom is -0.348 e. The van der Waals surface area contributed by atoms with Crippen LogP contribution < -0.4 is 11.0 Å². The number of hydrogen-bond donors (Lipinski definition) is 2. The first-order valence-electron chi connectivity index (χ1n) is 10.7. The Morgan fingerprint density at radius 3 is 2.53 bits per heavy atom. The molecule has 1 amide bonds. The molecule has 0 bridgehead atoms. The highest BCUT2D eigenvalue weighted by Crippen LogP contribution is 2.27. The molecule has 0 radical (unpaired) electrons. The van der Waals surface area contributed by atoms with Crippen LogP contribution in [0.2, 0.25) is 5.02 Å². The highest BCUT2D eigenvalue weighted by molar-refractivity contribution is 6.33. The van der Waals surface area contributed by atoms with E-state index in [1.54, 1.807) is 12.1 Å². The first kappa shape index (κ1) is 23.4. The summed E-state index contributed by atoms with van der Waals surface area (Å²) in [5.41, 5.74) is 2.19. The first-order valence-corrected chi connectivity index (χ1v) is 11.1. The molecule has 0 unspecified atom stereocenters. The minimum absolute atomic E-state index is 0.157. The molecule has 0 aliphatic rings. The molecule has 2 aromatic carbocycles. The zero-order valence-corrected chi connectivity index (χ0v) is 19.1.